The normalized spacial score (nSPS) is 11.6. The maximum Gasteiger partial charge on any atom is 0.336 e. The zero-order valence-corrected chi connectivity index (χ0v) is 21.5. The number of rotatable bonds is 12. The third kappa shape index (κ3) is 8.45. The number of hydrogen-bond donors (Lipinski definition) is 4. The summed E-state index contributed by atoms with van der Waals surface area (Å²) >= 11 is 1.68. The van der Waals surface area contributed by atoms with Crippen LogP contribution in [-0.2, 0) is 27.5 Å². The van der Waals surface area contributed by atoms with Gasteiger partial charge < -0.3 is 29.7 Å². The number of likely N-dealkylation sites (N-methyl/N-ethyl adjacent to an activating group) is 1. The van der Waals surface area contributed by atoms with Crippen LogP contribution in [0.2, 0.25) is 0 Å². The Kier molecular flexibility index (Phi) is 10.2. The monoisotopic (exact) mass is 524 g/mol. The SMILES string of the molecule is Cc1ccc(CN(CCN(C)C)Cc2c(C)nc3sccn23)o1.O=C(O)CC(O)(CC(=O)O)C(=O)O. The molecule has 36 heavy (non-hydrogen) atoms. The van der Waals surface area contributed by atoms with Gasteiger partial charge in [0.2, 0.25) is 0 Å². The smallest absolute Gasteiger partial charge is 0.336 e. The first-order valence-electron chi connectivity index (χ1n) is 11.0. The predicted molar refractivity (Wildman–Crippen MR) is 131 cm³/mol. The van der Waals surface area contributed by atoms with E-state index in [0.717, 1.165) is 48.4 Å². The lowest BCUT2D eigenvalue weighted by atomic mass is 9.96. The second-order valence-electron chi connectivity index (χ2n) is 8.70. The highest BCUT2D eigenvalue weighted by Crippen LogP contribution is 2.20. The number of furan rings is 1. The Balaban J connectivity index is 0.000000302. The predicted octanol–water partition coefficient (Wildman–Crippen LogP) is 1.92. The van der Waals surface area contributed by atoms with E-state index in [2.05, 4.69) is 57.8 Å². The third-order valence-electron chi connectivity index (χ3n) is 5.26. The Morgan fingerprint density at radius 2 is 1.69 bits per heavy atom. The van der Waals surface area contributed by atoms with E-state index in [0.29, 0.717) is 0 Å². The van der Waals surface area contributed by atoms with Crippen LogP contribution in [0.5, 0.6) is 0 Å². The van der Waals surface area contributed by atoms with Crippen LogP contribution >= 0.6 is 11.3 Å². The van der Waals surface area contributed by atoms with Crippen molar-refractivity contribution < 1.29 is 39.2 Å². The highest BCUT2D eigenvalue weighted by molar-refractivity contribution is 7.15. The van der Waals surface area contributed by atoms with E-state index in [1.165, 1.54) is 5.69 Å². The summed E-state index contributed by atoms with van der Waals surface area (Å²) in [5.41, 5.74) is -0.358. The molecule has 4 N–H and O–H groups in total. The summed E-state index contributed by atoms with van der Waals surface area (Å²) in [5, 5.41) is 35.9. The van der Waals surface area contributed by atoms with E-state index in [-0.39, 0.29) is 0 Å². The zero-order chi connectivity index (χ0) is 27.0. The molecule has 0 atom stereocenters. The van der Waals surface area contributed by atoms with Crippen LogP contribution < -0.4 is 0 Å². The average Bonchev–Trinajstić information content (AvgIpc) is 3.43. The summed E-state index contributed by atoms with van der Waals surface area (Å²) in [6.07, 6.45) is -0.181. The first-order chi connectivity index (χ1) is 16.8. The van der Waals surface area contributed by atoms with Crippen LogP contribution in [0.4, 0.5) is 0 Å². The molecule has 12 nitrogen and oxygen atoms in total. The fourth-order valence-electron chi connectivity index (χ4n) is 3.40. The summed E-state index contributed by atoms with van der Waals surface area (Å²) in [6.45, 7) is 7.78. The van der Waals surface area contributed by atoms with Gasteiger partial charge in [0.25, 0.3) is 0 Å². The number of carboxylic acid groups (broad SMARTS) is 3. The third-order valence-corrected chi connectivity index (χ3v) is 6.02. The topological polar surface area (TPSA) is 169 Å². The molecule has 3 rings (SSSR count). The Bertz CT molecular complexity index is 1170. The fourth-order valence-corrected chi connectivity index (χ4v) is 4.18. The van der Waals surface area contributed by atoms with Crippen molar-refractivity contribution in [3.63, 3.8) is 0 Å². The average molecular weight is 525 g/mol. The highest BCUT2D eigenvalue weighted by Gasteiger charge is 2.40. The van der Waals surface area contributed by atoms with Gasteiger partial charge in [0.05, 0.1) is 30.8 Å². The lowest BCUT2D eigenvalue weighted by molar-refractivity contribution is -0.170. The highest BCUT2D eigenvalue weighted by atomic mass is 32.1. The Labute approximate surface area is 212 Å². The standard InChI is InChI=1S/C17H24N4OS.C6H8O7/c1-13-5-6-15(22-13)11-20(8-7-19(3)4)12-16-14(2)18-17-21(16)9-10-23-17;7-3(8)1-6(13,5(11)12)2-4(9)10/h5-6,9-10H,7-8,11-12H2,1-4H3;13H,1-2H2,(H,7,8)(H,9,10)(H,11,12). The van der Waals surface area contributed by atoms with E-state index in [9.17, 15) is 14.4 Å². The first kappa shape index (κ1) is 29.0. The Hall–Kier alpha value is -3.26. The quantitative estimate of drug-likeness (QED) is 0.273. The number of fused-ring (bicyclic) bond motifs is 1. The first-order valence-corrected chi connectivity index (χ1v) is 11.9. The van der Waals surface area contributed by atoms with Crippen LogP contribution in [0.3, 0.4) is 0 Å². The summed E-state index contributed by atoms with van der Waals surface area (Å²) in [5.74, 6) is -3.03. The molecule has 0 bridgehead atoms. The van der Waals surface area contributed by atoms with Gasteiger partial charge in [0.1, 0.15) is 11.5 Å². The number of aromatic nitrogens is 2. The molecule has 0 aromatic carbocycles. The minimum atomic E-state index is -2.74. The summed E-state index contributed by atoms with van der Waals surface area (Å²) in [7, 11) is 4.22. The zero-order valence-electron chi connectivity index (χ0n) is 20.7. The van der Waals surface area contributed by atoms with Crippen molar-refractivity contribution in [2.45, 2.75) is 45.4 Å². The number of thiazole rings is 1. The number of hydrogen-bond acceptors (Lipinski definition) is 9. The molecule has 0 unspecified atom stereocenters. The lowest BCUT2D eigenvalue weighted by Gasteiger charge is -2.23. The molecule has 0 saturated heterocycles. The largest absolute Gasteiger partial charge is 0.481 e. The lowest BCUT2D eigenvalue weighted by Crippen LogP contribution is -2.42. The van der Waals surface area contributed by atoms with E-state index in [1.54, 1.807) is 11.3 Å². The van der Waals surface area contributed by atoms with Crippen molar-refractivity contribution in [2.24, 2.45) is 0 Å². The van der Waals surface area contributed by atoms with Gasteiger partial charge in [-0.05, 0) is 40.1 Å². The molecule has 3 heterocycles. The van der Waals surface area contributed by atoms with Crippen LogP contribution in [0, 0.1) is 13.8 Å². The second-order valence-corrected chi connectivity index (χ2v) is 9.58. The molecule has 0 radical (unpaired) electrons. The maximum atomic E-state index is 10.3. The van der Waals surface area contributed by atoms with Gasteiger partial charge in [0, 0.05) is 31.2 Å². The number of carboxylic acids is 3. The molecule has 0 saturated carbocycles. The van der Waals surface area contributed by atoms with Crippen LogP contribution in [0.25, 0.3) is 4.96 Å². The van der Waals surface area contributed by atoms with Gasteiger partial charge in [-0.2, -0.15) is 0 Å². The summed E-state index contributed by atoms with van der Waals surface area (Å²) < 4.78 is 7.97. The molecular weight excluding hydrogens is 492 g/mol. The Morgan fingerprint density at radius 1 is 1.06 bits per heavy atom. The molecule has 0 fully saturated rings. The molecule has 3 aromatic heterocycles. The van der Waals surface area contributed by atoms with Gasteiger partial charge in [-0.1, -0.05) is 0 Å². The maximum absolute atomic E-state index is 10.3. The minimum Gasteiger partial charge on any atom is -0.481 e. The fraction of sp³-hybridized carbons (Fsp3) is 0.478. The van der Waals surface area contributed by atoms with Gasteiger partial charge >= 0.3 is 17.9 Å². The second kappa shape index (κ2) is 12.6. The molecular formula is C23H32N4O8S. The number of aryl methyl sites for hydroxylation is 2. The number of nitrogens with zero attached hydrogens (tertiary/aromatic N) is 4. The Morgan fingerprint density at radius 3 is 2.19 bits per heavy atom. The van der Waals surface area contributed by atoms with Crippen molar-refractivity contribution in [2.75, 3.05) is 27.2 Å². The van der Waals surface area contributed by atoms with Gasteiger partial charge in [-0.15, -0.1) is 11.3 Å². The van der Waals surface area contributed by atoms with Gasteiger partial charge in [0.15, 0.2) is 10.6 Å². The van der Waals surface area contributed by atoms with Crippen molar-refractivity contribution in [1.29, 1.82) is 0 Å². The molecule has 13 heteroatoms. The van der Waals surface area contributed by atoms with Gasteiger partial charge in [-0.25, -0.2) is 9.78 Å². The van der Waals surface area contributed by atoms with Crippen molar-refractivity contribution in [1.82, 2.24) is 19.2 Å². The number of aliphatic hydroxyl groups is 1. The van der Waals surface area contributed by atoms with Crippen molar-refractivity contribution >= 4 is 34.2 Å². The van der Waals surface area contributed by atoms with Crippen LogP contribution in [0.1, 0.15) is 35.7 Å². The van der Waals surface area contributed by atoms with Crippen LogP contribution in [0.15, 0.2) is 28.1 Å². The van der Waals surface area contributed by atoms with E-state index in [1.807, 2.05) is 13.0 Å². The molecule has 0 aliphatic heterocycles. The molecule has 3 aromatic rings. The number of carbonyl (C=O) groups is 3. The van der Waals surface area contributed by atoms with E-state index >= 15 is 0 Å². The molecule has 198 valence electrons. The molecule has 0 aliphatic rings. The molecule has 0 spiro atoms. The van der Waals surface area contributed by atoms with Gasteiger partial charge in [-0.3, -0.25) is 18.9 Å². The van der Waals surface area contributed by atoms with E-state index in [4.69, 9.17) is 24.8 Å². The molecule has 0 amide bonds. The van der Waals surface area contributed by atoms with Crippen molar-refractivity contribution in [3.05, 3.63) is 46.6 Å². The van der Waals surface area contributed by atoms with Crippen LogP contribution in [-0.4, -0.2) is 90.3 Å². The van der Waals surface area contributed by atoms with E-state index < -0.39 is 36.4 Å². The van der Waals surface area contributed by atoms with Crippen molar-refractivity contribution in [3.8, 4) is 0 Å². The minimum absolute atomic E-state index is 0.818. The summed E-state index contributed by atoms with van der Waals surface area (Å²) in [4.78, 5) is 40.8. The summed E-state index contributed by atoms with van der Waals surface area (Å²) in [6, 6.07) is 4.10. The number of imidazole rings is 1. The number of aliphatic carboxylic acids is 3. The molecule has 0 aliphatic carbocycles.